The summed E-state index contributed by atoms with van der Waals surface area (Å²) in [5, 5.41) is 2.16. The van der Waals surface area contributed by atoms with Gasteiger partial charge in [-0.05, 0) is 66.0 Å². The summed E-state index contributed by atoms with van der Waals surface area (Å²) in [5.74, 6) is 1.19. The van der Waals surface area contributed by atoms with Crippen LogP contribution in [0.25, 0.3) is 10.9 Å². The molecule has 0 bridgehead atoms. The molecule has 25 heavy (non-hydrogen) atoms. The molecule has 2 aromatic carbocycles. The second-order valence-corrected chi connectivity index (χ2v) is 7.93. The molecule has 0 amide bonds. The van der Waals surface area contributed by atoms with Gasteiger partial charge in [0, 0.05) is 16.6 Å². The van der Waals surface area contributed by atoms with E-state index in [1.165, 1.54) is 22.1 Å². The van der Waals surface area contributed by atoms with E-state index >= 15 is 0 Å². The molecule has 0 aliphatic carbocycles. The molecular weight excluding hydrogens is 326 g/mol. The number of nitrogens with zero attached hydrogens (tertiary/aromatic N) is 1. The highest BCUT2D eigenvalue weighted by Gasteiger charge is 2.10. The summed E-state index contributed by atoms with van der Waals surface area (Å²) in [5.41, 5.74) is 5.09. The van der Waals surface area contributed by atoms with Crippen molar-refractivity contribution in [3.63, 3.8) is 0 Å². The van der Waals surface area contributed by atoms with Crippen molar-refractivity contribution in [2.24, 2.45) is 11.8 Å². The Bertz CT molecular complexity index is 854. The van der Waals surface area contributed by atoms with Crippen LogP contribution in [0.5, 0.6) is 0 Å². The number of aromatic nitrogens is 1. The van der Waals surface area contributed by atoms with Crippen LogP contribution in [0, 0.1) is 11.8 Å². The number of hydrogen-bond donors (Lipinski definition) is 0. The largest absolute Gasteiger partial charge is 0.256 e. The van der Waals surface area contributed by atoms with Gasteiger partial charge in [-0.25, -0.2) is 0 Å². The molecule has 1 aromatic heterocycles. The summed E-state index contributed by atoms with van der Waals surface area (Å²) >= 11 is 6.30. The van der Waals surface area contributed by atoms with Crippen LogP contribution in [0.15, 0.2) is 54.7 Å². The van der Waals surface area contributed by atoms with E-state index < -0.39 is 0 Å². The number of fused-ring (bicyclic) bond motifs is 1. The Morgan fingerprint density at radius 2 is 1.68 bits per heavy atom. The maximum absolute atomic E-state index is 6.30. The highest BCUT2D eigenvalue weighted by atomic mass is 35.5. The molecule has 0 aliphatic heterocycles. The average molecular weight is 352 g/mol. The van der Waals surface area contributed by atoms with Crippen molar-refractivity contribution in [3.05, 3.63) is 76.4 Å². The fourth-order valence-electron chi connectivity index (χ4n) is 3.51. The van der Waals surface area contributed by atoms with Crippen LogP contribution in [-0.2, 0) is 19.3 Å². The van der Waals surface area contributed by atoms with Gasteiger partial charge in [-0.3, -0.25) is 4.98 Å². The molecule has 3 aromatic rings. The Balaban J connectivity index is 1.77. The van der Waals surface area contributed by atoms with E-state index in [0.717, 1.165) is 29.8 Å². The van der Waals surface area contributed by atoms with Crippen LogP contribution >= 0.6 is 11.6 Å². The predicted octanol–water partition coefficient (Wildman–Crippen LogP) is 6.51. The van der Waals surface area contributed by atoms with E-state index in [2.05, 4.69) is 62.2 Å². The Labute approximate surface area is 156 Å². The normalized spacial score (nSPS) is 12.7. The zero-order valence-corrected chi connectivity index (χ0v) is 16.1. The highest BCUT2D eigenvalue weighted by Crippen LogP contribution is 2.24. The van der Waals surface area contributed by atoms with Gasteiger partial charge >= 0.3 is 0 Å². The van der Waals surface area contributed by atoms with Crippen molar-refractivity contribution in [1.82, 2.24) is 4.98 Å². The van der Waals surface area contributed by atoms with Gasteiger partial charge in [0.25, 0.3) is 0 Å². The van der Waals surface area contributed by atoms with E-state index in [-0.39, 0.29) is 0 Å². The predicted molar refractivity (Wildman–Crippen MR) is 108 cm³/mol. The second-order valence-electron chi connectivity index (χ2n) is 7.52. The lowest BCUT2D eigenvalue weighted by molar-refractivity contribution is 0.577. The van der Waals surface area contributed by atoms with Gasteiger partial charge in [0.05, 0.1) is 5.52 Å². The summed E-state index contributed by atoms with van der Waals surface area (Å²) in [6, 6.07) is 17.1. The molecule has 0 spiro atoms. The topological polar surface area (TPSA) is 12.9 Å². The lowest BCUT2D eigenvalue weighted by Crippen LogP contribution is -2.04. The third-order valence-electron chi connectivity index (χ3n) is 4.64. The standard InChI is InChI=1S/C23H26ClN/c1-16(2)12-19-10-11-25-23-15-18(8-9-21(19)23)13-17(3)14-20-6-4-5-7-22(20)24/h4-11,15-17H,12-14H2,1-3H3. The molecule has 0 saturated carbocycles. The minimum atomic E-state index is 0.538. The summed E-state index contributed by atoms with van der Waals surface area (Å²) in [6.45, 7) is 6.81. The van der Waals surface area contributed by atoms with Crippen molar-refractivity contribution < 1.29 is 0 Å². The van der Waals surface area contributed by atoms with Crippen molar-refractivity contribution in [3.8, 4) is 0 Å². The molecule has 0 saturated heterocycles. The number of benzene rings is 2. The van der Waals surface area contributed by atoms with Crippen molar-refractivity contribution in [2.75, 3.05) is 0 Å². The fourth-order valence-corrected chi connectivity index (χ4v) is 3.72. The van der Waals surface area contributed by atoms with Crippen LogP contribution in [-0.4, -0.2) is 4.98 Å². The first-order valence-electron chi connectivity index (χ1n) is 9.13. The van der Waals surface area contributed by atoms with Crippen LogP contribution in [0.2, 0.25) is 5.02 Å². The molecule has 0 aliphatic rings. The van der Waals surface area contributed by atoms with Gasteiger partial charge in [0.2, 0.25) is 0 Å². The van der Waals surface area contributed by atoms with E-state index in [1.807, 2.05) is 18.3 Å². The quantitative estimate of drug-likeness (QED) is 0.493. The van der Waals surface area contributed by atoms with E-state index in [9.17, 15) is 0 Å². The molecule has 1 unspecified atom stereocenters. The minimum Gasteiger partial charge on any atom is -0.256 e. The average Bonchev–Trinajstić information content (AvgIpc) is 2.56. The first-order valence-corrected chi connectivity index (χ1v) is 9.50. The van der Waals surface area contributed by atoms with Gasteiger partial charge < -0.3 is 0 Å². The lowest BCUT2D eigenvalue weighted by atomic mass is 9.92. The maximum Gasteiger partial charge on any atom is 0.0707 e. The van der Waals surface area contributed by atoms with Crippen LogP contribution in [0.3, 0.4) is 0 Å². The fraction of sp³-hybridized carbons (Fsp3) is 0.348. The first-order chi connectivity index (χ1) is 12.0. The lowest BCUT2D eigenvalue weighted by Gasteiger charge is -2.14. The smallest absolute Gasteiger partial charge is 0.0707 e. The Hall–Kier alpha value is -1.86. The van der Waals surface area contributed by atoms with Gasteiger partial charge in [-0.15, -0.1) is 0 Å². The monoisotopic (exact) mass is 351 g/mol. The van der Waals surface area contributed by atoms with Crippen molar-refractivity contribution in [1.29, 1.82) is 0 Å². The Morgan fingerprint density at radius 3 is 2.44 bits per heavy atom. The number of rotatable bonds is 6. The number of pyridine rings is 1. The molecule has 0 radical (unpaired) electrons. The third kappa shape index (κ3) is 4.61. The summed E-state index contributed by atoms with van der Waals surface area (Å²) in [4.78, 5) is 4.59. The maximum atomic E-state index is 6.30. The SMILES string of the molecule is CC(C)Cc1ccnc2cc(CC(C)Cc3ccccc3Cl)ccc12. The third-order valence-corrected chi connectivity index (χ3v) is 5.00. The zero-order chi connectivity index (χ0) is 17.8. The molecule has 1 atom stereocenters. The molecule has 1 nitrogen and oxygen atoms in total. The molecule has 2 heteroatoms. The summed E-state index contributed by atoms with van der Waals surface area (Å²) < 4.78 is 0. The van der Waals surface area contributed by atoms with Crippen molar-refractivity contribution >= 4 is 22.5 Å². The molecule has 0 fully saturated rings. The van der Waals surface area contributed by atoms with Gasteiger partial charge in [0.1, 0.15) is 0 Å². The van der Waals surface area contributed by atoms with Crippen LogP contribution in [0.4, 0.5) is 0 Å². The molecular formula is C23H26ClN. The Morgan fingerprint density at radius 1 is 0.880 bits per heavy atom. The summed E-state index contributed by atoms with van der Waals surface area (Å²) in [6.07, 6.45) is 5.08. The van der Waals surface area contributed by atoms with E-state index in [1.54, 1.807) is 0 Å². The number of hydrogen-bond acceptors (Lipinski definition) is 1. The molecule has 1 heterocycles. The van der Waals surface area contributed by atoms with Crippen LogP contribution in [0.1, 0.15) is 37.5 Å². The zero-order valence-electron chi connectivity index (χ0n) is 15.3. The minimum absolute atomic E-state index is 0.538. The second kappa shape index (κ2) is 8.01. The highest BCUT2D eigenvalue weighted by molar-refractivity contribution is 6.31. The van der Waals surface area contributed by atoms with Crippen molar-refractivity contribution in [2.45, 2.75) is 40.0 Å². The summed E-state index contributed by atoms with van der Waals surface area (Å²) in [7, 11) is 0. The molecule has 130 valence electrons. The number of halogens is 1. The van der Waals surface area contributed by atoms with Crippen LogP contribution < -0.4 is 0 Å². The van der Waals surface area contributed by atoms with Gasteiger partial charge in [-0.2, -0.15) is 0 Å². The van der Waals surface area contributed by atoms with Gasteiger partial charge in [0.15, 0.2) is 0 Å². The van der Waals surface area contributed by atoms with Gasteiger partial charge in [-0.1, -0.05) is 62.7 Å². The van der Waals surface area contributed by atoms with E-state index in [4.69, 9.17) is 11.6 Å². The Kier molecular flexibility index (Phi) is 5.75. The first kappa shape index (κ1) is 17.9. The molecule has 0 N–H and O–H groups in total. The molecule has 3 rings (SSSR count). The van der Waals surface area contributed by atoms with E-state index in [0.29, 0.717) is 11.8 Å².